The van der Waals surface area contributed by atoms with E-state index >= 15 is 0 Å². The molecule has 2 aromatic rings. The van der Waals surface area contributed by atoms with E-state index in [0.717, 1.165) is 12.2 Å². The lowest BCUT2D eigenvalue weighted by Crippen LogP contribution is -2.33. The molecule has 132 valence electrons. The predicted octanol–water partition coefficient (Wildman–Crippen LogP) is 4.46. The van der Waals surface area contributed by atoms with Gasteiger partial charge >= 0.3 is 0 Å². The van der Waals surface area contributed by atoms with Crippen LogP contribution in [0.5, 0.6) is 5.75 Å². The summed E-state index contributed by atoms with van der Waals surface area (Å²) in [7, 11) is 1.41. The number of halogens is 1. The molecule has 1 saturated heterocycles. The number of amides is 1. The summed E-state index contributed by atoms with van der Waals surface area (Å²) in [6.07, 6.45) is 0.903. The normalized spacial score (nSPS) is 17.9. The number of hydrogen-bond donors (Lipinski definition) is 0. The lowest BCUT2D eigenvalue weighted by atomic mass is 10.0. The van der Waals surface area contributed by atoms with Gasteiger partial charge in [-0.25, -0.2) is 4.39 Å². The summed E-state index contributed by atoms with van der Waals surface area (Å²) in [6.45, 7) is 3.49. The topological polar surface area (TPSA) is 29.5 Å². The first-order chi connectivity index (χ1) is 12.1. The summed E-state index contributed by atoms with van der Waals surface area (Å²) in [5, 5.41) is 0.395. The maximum absolute atomic E-state index is 13.9. The fourth-order valence-corrected chi connectivity index (χ4v) is 4.48. The van der Waals surface area contributed by atoms with Gasteiger partial charge in [-0.05, 0) is 42.7 Å². The third kappa shape index (κ3) is 3.98. The predicted molar refractivity (Wildman–Crippen MR) is 99.9 cm³/mol. The molecule has 1 aliphatic rings. The van der Waals surface area contributed by atoms with Gasteiger partial charge in [-0.1, -0.05) is 24.3 Å². The molecule has 1 unspecified atom stereocenters. The lowest BCUT2D eigenvalue weighted by molar-refractivity contribution is 0.0766. The van der Waals surface area contributed by atoms with Crippen LogP contribution in [0.1, 0.15) is 33.2 Å². The number of carbonyl (C=O) groups excluding carboxylic acids is 1. The van der Waals surface area contributed by atoms with Crippen molar-refractivity contribution in [3.63, 3.8) is 0 Å². The Bertz CT molecular complexity index is 765. The van der Waals surface area contributed by atoms with Crippen LogP contribution in [0.15, 0.2) is 42.5 Å². The Balaban J connectivity index is 1.71. The highest BCUT2D eigenvalue weighted by molar-refractivity contribution is 7.99. The van der Waals surface area contributed by atoms with Crippen molar-refractivity contribution in [2.24, 2.45) is 0 Å². The zero-order chi connectivity index (χ0) is 17.8. The summed E-state index contributed by atoms with van der Waals surface area (Å²) in [5.41, 5.74) is 3.01. The molecule has 5 heteroatoms. The van der Waals surface area contributed by atoms with Crippen molar-refractivity contribution in [2.75, 3.05) is 26.0 Å². The molecule has 25 heavy (non-hydrogen) atoms. The SMILES string of the molecule is COc1ccc(C(=O)N2CCSC(c3ccccc3C)CC2)cc1F. The fourth-order valence-electron chi connectivity index (χ4n) is 3.15. The minimum absolute atomic E-state index is 0.118. The van der Waals surface area contributed by atoms with Crippen LogP contribution in [-0.2, 0) is 0 Å². The summed E-state index contributed by atoms with van der Waals surface area (Å²) in [5.74, 6) is 0.411. The van der Waals surface area contributed by atoms with Gasteiger partial charge in [-0.15, -0.1) is 0 Å². The highest BCUT2D eigenvalue weighted by Crippen LogP contribution is 2.36. The molecule has 0 spiro atoms. The van der Waals surface area contributed by atoms with Crippen LogP contribution in [0.3, 0.4) is 0 Å². The Morgan fingerprint density at radius 3 is 2.76 bits per heavy atom. The zero-order valence-electron chi connectivity index (χ0n) is 14.5. The number of carbonyl (C=O) groups is 1. The number of thioether (sulfide) groups is 1. The zero-order valence-corrected chi connectivity index (χ0v) is 15.3. The minimum atomic E-state index is -0.504. The molecular formula is C20H22FNO2S. The van der Waals surface area contributed by atoms with Gasteiger partial charge in [0, 0.05) is 29.7 Å². The second-order valence-electron chi connectivity index (χ2n) is 6.15. The highest BCUT2D eigenvalue weighted by Gasteiger charge is 2.24. The van der Waals surface area contributed by atoms with Gasteiger partial charge in [0.1, 0.15) is 0 Å². The molecule has 1 atom stereocenters. The van der Waals surface area contributed by atoms with E-state index in [-0.39, 0.29) is 11.7 Å². The van der Waals surface area contributed by atoms with Crippen LogP contribution in [0.2, 0.25) is 0 Å². The molecule has 3 rings (SSSR count). The average molecular weight is 359 g/mol. The molecule has 0 N–H and O–H groups in total. The Kier molecular flexibility index (Phi) is 5.63. The molecule has 1 amide bonds. The van der Waals surface area contributed by atoms with Crippen LogP contribution < -0.4 is 4.74 Å². The van der Waals surface area contributed by atoms with E-state index in [1.54, 1.807) is 6.07 Å². The minimum Gasteiger partial charge on any atom is -0.494 e. The number of benzene rings is 2. The number of aryl methyl sites for hydroxylation is 1. The third-order valence-corrected chi connectivity index (χ3v) is 5.87. The van der Waals surface area contributed by atoms with Crippen LogP contribution >= 0.6 is 11.8 Å². The van der Waals surface area contributed by atoms with Gasteiger partial charge in [-0.3, -0.25) is 4.79 Å². The molecule has 0 bridgehead atoms. The summed E-state index contributed by atoms with van der Waals surface area (Å²) < 4.78 is 18.8. The van der Waals surface area contributed by atoms with Gasteiger partial charge in [0.15, 0.2) is 11.6 Å². The van der Waals surface area contributed by atoms with Crippen molar-refractivity contribution in [2.45, 2.75) is 18.6 Å². The fraction of sp³-hybridized carbons (Fsp3) is 0.350. The van der Waals surface area contributed by atoms with Crippen molar-refractivity contribution >= 4 is 17.7 Å². The van der Waals surface area contributed by atoms with E-state index in [2.05, 4.69) is 25.1 Å². The van der Waals surface area contributed by atoms with Crippen molar-refractivity contribution in [1.82, 2.24) is 4.90 Å². The first-order valence-electron chi connectivity index (χ1n) is 8.40. The van der Waals surface area contributed by atoms with Crippen LogP contribution in [-0.4, -0.2) is 36.8 Å². The first-order valence-corrected chi connectivity index (χ1v) is 9.45. The number of methoxy groups -OCH3 is 1. The van der Waals surface area contributed by atoms with Gasteiger partial charge in [0.2, 0.25) is 0 Å². The van der Waals surface area contributed by atoms with Crippen LogP contribution in [0.25, 0.3) is 0 Å². The Hall–Kier alpha value is -2.01. The quantitative estimate of drug-likeness (QED) is 0.810. The first kappa shape index (κ1) is 17.8. The molecule has 3 nitrogen and oxygen atoms in total. The number of rotatable bonds is 3. The number of ether oxygens (including phenoxy) is 1. The second kappa shape index (κ2) is 7.91. The number of nitrogens with zero attached hydrogens (tertiary/aromatic N) is 1. The maximum Gasteiger partial charge on any atom is 0.253 e. The largest absolute Gasteiger partial charge is 0.494 e. The van der Waals surface area contributed by atoms with Gasteiger partial charge in [-0.2, -0.15) is 11.8 Å². The molecular weight excluding hydrogens is 337 g/mol. The highest BCUT2D eigenvalue weighted by atomic mass is 32.2. The van der Waals surface area contributed by atoms with E-state index in [9.17, 15) is 9.18 Å². The summed E-state index contributed by atoms with van der Waals surface area (Å²) in [6, 6.07) is 12.8. The van der Waals surface area contributed by atoms with E-state index in [0.29, 0.717) is 23.9 Å². The third-order valence-electron chi connectivity index (χ3n) is 4.56. The van der Waals surface area contributed by atoms with E-state index in [4.69, 9.17) is 4.74 Å². The molecule has 1 heterocycles. The van der Waals surface area contributed by atoms with E-state index < -0.39 is 5.82 Å². The Morgan fingerprint density at radius 2 is 2.04 bits per heavy atom. The molecule has 0 aliphatic carbocycles. The summed E-state index contributed by atoms with van der Waals surface area (Å²) >= 11 is 1.89. The standard InChI is InChI=1S/C20H22FNO2S/c1-14-5-3-4-6-16(14)19-9-10-22(11-12-25-19)20(23)15-7-8-18(24-2)17(21)13-15/h3-8,13,19H,9-12H2,1-2H3. The smallest absolute Gasteiger partial charge is 0.253 e. The van der Waals surface area contributed by atoms with Gasteiger partial charge in [0.25, 0.3) is 5.91 Å². The maximum atomic E-state index is 13.9. The van der Waals surface area contributed by atoms with Crippen molar-refractivity contribution < 1.29 is 13.9 Å². The molecule has 2 aromatic carbocycles. The molecule has 0 aromatic heterocycles. The van der Waals surface area contributed by atoms with E-state index in [1.165, 1.54) is 30.4 Å². The lowest BCUT2D eigenvalue weighted by Gasteiger charge is -2.21. The van der Waals surface area contributed by atoms with Crippen LogP contribution in [0.4, 0.5) is 4.39 Å². The Morgan fingerprint density at radius 1 is 1.24 bits per heavy atom. The molecule has 0 saturated carbocycles. The van der Waals surface area contributed by atoms with Gasteiger partial charge < -0.3 is 9.64 Å². The number of hydrogen-bond acceptors (Lipinski definition) is 3. The Labute approximate surface area is 152 Å². The monoisotopic (exact) mass is 359 g/mol. The van der Waals surface area contributed by atoms with Crippen molar-refractivity contribution in [3.05, 3.63) is 65.0 Å². The van der Waals surface area contributed by atoms with Crippen LogP contribution in [0, 0.1) is 12.7 Å². The molecule has 0 radical (unpaired) electrons. The van der Waals surface area contributed by atoms with Crippen molar-refractivity contribution in [1.29, 1.82) is 0 Å². The van der Waals surface area contributed by atoms with Crippen molar-refractivity contribution in [3.8, 4) is 5.75 Å². The molecule has 1 fully saturated rings. The molecule has 1 aliphatic heterocycles. The second-order valence-corrected chi connectivity index (χ2v) is 7.46. The van der Waals surface area contributed by atoms with E-state index in [1.807, 2.05) is 22.7 Å². The average Bonchev–Trinajstić information content (AvgIpc) is 2.87. The van der Waals surface area contributed by atoms with Gasteiger partial charge in [0.05, 0.1) is 7.11 Å². The summed E-state index contributed by atoms with van der Waals surface area (Å²) in [4.78, 5) is 14.5.